The molecule has 0 radical (unpaired) electrons. The van der Waals surface area contributed by atoms with Crippen molar-refractivity contribution in [1.29, 1.82) is 0 Å². The van der Waals surface area contributed by atoms with Gasteiger partial charge >= 0.3 is 19.8 Å². The number of aliphatic hydroxyl groups is 5. The van der Waals surface area contributed by atoms with Crippen molar-refractivity contribution < 1.29 is 63.1 Å². The predicted octanol–water partition coefficient (Wildman–Crippen LogP) is 7.22. The Morgan fingerprint density at radius 2 is 1.02 bits per heavy atom. The summed E-state index contributed by atoms with van der Waals surface area (Å²) in [5, 5.41) is 50.0. The average Bonchev–Trinajstić information content (AvgIpc) is 3.18. The molecule has 1 aliphatic carbocycles. The number of ether oxygens (including phenoxy) is 2. The fourth-order valence-corrected chi connectivity index (χ4v) is 7.01. The molecule has 56 heavy (non-hydrogen) atoms. The number of aliphatic hydroxyl groups excluding tert-OH is 5. The molecule has 0 aromatic heterocycles. The Morgan fingerprint density at radius 1 is 0.571 bits per heavy atom. The maximum atomic E-state index is 12.8. The van der Waals surface area contributed by atoms with Gasteiger partial charge in [0.05, 0.1) is 6.61 Å². The van der Waals surface area contributed by atoms with Gasteiger partial charge in [-0.1, -0.05) is 133 Å². The standard InChI is InChI=1S/C42H73O13P/c1-3-5-7-9-11-13-15-16-17-18-19-20-21-23-25-27-29-31-36(44)54-34(32-52-35(43)30-28-26-24-22-14-12-10-8-6-4-2)33-53-56(50,51)55-42-40(48)38(46)37(45)39(47)41(42)49/h5,7,11,13,16-17,19-20,34,37-42,45-49H,3-4,6,8-10,12,14-15,18,21-33H2,1-2H3,(H,50,51)/b7-5-,13-11-,17-16-,20-19-. The minimum atomic E-state index is -5.12. The van der Waals surface area contributed by atoms with Crippen LogP contribution < -0.4 is 0 Å². The molecular weight excluding hydrogens is 743 g/mol. The predicted molar refractivity (Wildman–Crippen MR) is 216 cm³/mol. The van der Waals surface area contributed by atoms with Crippen LogP contribution in [0.4, 0.5) is 0 Å². The first-order valence-electron chi connectivity index (χ1n) is 20.9. The number of carbonyl (C=O) groups excluding carboxylic acids is 2. The van der Waals surface area contributed by atoms with Gasteiger partial charge in [0.15, 0.2) is 6.10 Å². The summed E-state index contributed by atoms with van der Waals surface area (Å²) in [5.74, 6) is -1.13. The number of phosphoric acid groups is 1. The zero-order valence-corrected chi connectivity index (χ0v) is 34.8. The van der Waals surface area contributed by atoms with Gasteiger partial charge in [0.25, 0.3) is 0 Å². The number of unbranched alkanes of at least 4 members (excludes halogenated alkanes) is 13. The first-order valence-corrected chi connectivity index (χ1v) is 22.4. The zero-order chi connectivity index (χ0) is 41.4. The molecule has 0 spiro atoms. The van der Waals surface area contributed by atoms with E-state index in [0.29, 0.717) is 12.8 Å². The Balaban J connectivity index is 2.52. The van der Waals surface area contributed by atoms with E-state index in [4.69, 9.17) is 18.5 Å². The highest BCUT2D eigenvalue weighted by molar-refractivity contribution is 7.47. The van der Waals surface area contributed by atoms with Crippen molar-refractivity contribution in [3.8, 4) is 0 Å². The fraction of sp³-hybridized carbons (Fsp3) is 0.762. The third kappa shape index (κ3) is 25.2. The van der Waals surface area contributed by atoms with Gasteiger partial charge in [0.1, 0.15) is 43.2 Å². The van der Waals surface area contributed by atoms with Crippen LogP contribution in [0.2, 0.25) is 0 Å². The Labute approximate surface area is 335 Å². The third-order valence-electron chi connectivity index (χ3n) is 9.43. The second-order valence-corrected chi connectivity index (χ2v) is 15.9. The van der Waals surface area contributed by atoms with Crippen LogP contribution in [0, 0.1) is 0 Å². The Morgan fingerprint density at radius 3 is 1.55 bits per heavy atom. The molecule has 1 aliphatic rings. The molecule has 6 N–H and O–H groups in total. The summed E-state index contributed by atoms with van der Waals surface area (Å²) in [6, 6.07) is 0. The molecule has 324 valence electrons. The lowest BCUT2D eigenvalue weighted by atomic mass is 9.85. The molecule has 6 atom stereocenters. The summed E-state index contributed by atoms with van der Waals surface area (Å²) < 4.78 is 33.4. The second kappa shape index (κ2) is 32.7. The van der Waals surface area contributed by atoms with Gasteiger partial charge in [-0.15, -0.1) is 0 Å². The van der Waals surface area contributed by atoms with Crippen LogP contribution in [0.3, 0.4) is 0 Å². The smallest absolute Gasteiger partial charge is 0.462 e. The number of carbonyl (C=O) groups is 2. The van der Waals surface area contributed by atoms with Crippen molar-refractivity contribution in [2.24, 2.45) is 0 Å². The minimum Gasteiger partial charge on any atom is -0.462 e. The van der Waals surface area contributed by atoms with Gasteiger partial charge < -0.3 is 39.9 Å². The van der Waals surface area contributed by atoms with Gasteiger partial charge in [-0.25, -0.2) is 4.57 Å². The van der Waals surface area contributed by atoms with Crippen LogP contribution in [0.25, 0.3) is 0 Å². The van der Waals surface area contributed by atoms with Gasteiger partial charge in [-0.3, -0.25) is 18.6 Å². The molecule has 0 saturated heterocycles. The number of phosphoric ester groups is 1. The van der Waals surface area contributed by atoms with Crippen molar-refractivity contribution in [2.45, 2.75) is 191 Å². The quantitative estimate of drug-likeness (QED) is 0.0168. The highest BCUT2D eigenvalue weighted by atomic mass is 31.2. The summed E-state index contributed by atoms with van der Waals surface area (Å²) in [6.45, 7) is 3.12. The van der Waals surface area contributed by atoms with E-state index < -0.39 is 75.7 Å². The van der Waals surface area contributed by atoms with E-state index >= 15 is 0 Å². The van der Waals surface area contributed by atoms with E-state index in [9.17, 15) is 44.6 Å². The van der Waals surface area contributed by atoms with E-state index in [-0.39, 0.29) is 12.8 Å². The minimum absolute atomic E-state index is 0.0683. The fourth-order valence-electron chi connectivity index (χ4n) is 6.04. The first-order chi connectivity index (χ1) is 26.9. The average molecular weight is 817 g/mol. The molecule has 0 aromatic carbocycles. The summed E-state index contributed by atoms with van der Waals surface area (Å²) in [7, 11) is -5.12. The molecule has 14 heteroatoms. The maximum absolute atomic E-state index is 12.8. The van der Waals surface area contributed by atoms with Crippen molar-refractivity contribution in [3.63, 3.8) is 0 Å². The summed E-state index contributed by atoms with van der Waals surface area (Å²) in [4.78, 5) is 35.5. The van der Waals surface area contributed by atoms with Gasteiger partial charge in [0, 0.05) is 12.8 Å². The van der Waals surface area contributed by atoms with E-state index in [1.807, 2.05) is 0 Å². The lowest BCUT2D eigenvalue weighted by Crippen LogP contribution is -2.64. The molecule has 0 aromatic rings. The normalized spacial score (nSPS) is 23.4. The van der Waals surface area contributed by atoms with Crippen molar-refractivity contribution in [3.05, 3.63) is 48.6 Å². The Kier molecular flexibility index (Phi) is 30.3. The Hall–Kier alpha value is -2.19. The lowest BCUT2D eigenvalue weighted by molar-refractivity contribution is -0.220. The molecule has 0 heterocycles. The molecular formula is C42H73O13P. The third-order valence-corrected chi connectivity index (χ3v) is 10.4. The van der Waals surface area contributed by atoms with Crippen LogP contribution in [-0.2, 0) is 32.7 Å². The number of esters is 2. The molecule has 1 rings (SSSR count). The number of rotatable bonds is 33. The van der Waals surface area contributed by atoms with Gasteiger partial charge in [-0.2, -0.15) is 0 Å². The SMILES string of the molecule is CC/C=C\C/C=C\C/C=C\C/C=C\CCCCCCC(=O)OC(COC(=O)CCCCCCCCCCCC)COP(=O)(O)OC1C(O)C(O)C(O)C(O)C1O. The first kappa shape index (κ1) is 51.8. The van der Waals surface area contributed by atoms with E-state index in [1.165, 1.54) is 38.5 Å². The summed E-state index contributed by atoms with van der Waals surface area (Å²) >= 11 is 0. The molecule has 0 bridgehead atoms. The van der Waals surface area contributed by atoms with E-state index in [0.717, 1.165) is 70.6 Å². The van der Waals surface area contributed by atoms with Crippen LogP contribution in [0.1, 0.15) is 149 Å². The van der Waals surface area contributed by atoms with Crippen LogP contribution in [0.15, 0.2) is 48.6 Å². The molecule has 0 amide bonds. The second-order valence-electron chi connectivity index (χ2n) is 14.5. The van der Waals surface area contributed by atoms with E-state index in [2.05, 4.69) is 62.5 Å². The zero-order valence-electron chi connectivity index (χ0n) is 33.9. The van der Waals surface area contributed by atoms with Crippen LogP contribution in [0.5, 0.6) is 0 Å². The largest absolute Gasteiger partial charge is 0.472 e. The number of hydrogen-bond donors (Lipinski definition) is 6. The topological polar surface area (TPSA) is 210 Å². The highest BCUT2D eigenvalue weighted by Crippen LogP contribution is 2.47. The van der Waals surface area contributed by atoms with Crippen LogP contribution in [-0.4, -0.2) is 98.3 Å². The Bertz CT molecular complexity index is 1170. The highest BCUT2D eigenvalue weighted by Gasteiger charge is 2.51. The van der Waals surface area contributed by atoms with Crippen molar-refractivity contribution in [2.75, 3.05) is 13.2 Å². The van der Waals surface area contributed by atoms with Gasteiger partial charge in [-0.05, 0) is 51.4 Å². The van der Waals surface area contributed by atoms with Crippen molar-refractivity contribution >= 4 is 19.8 Å². The molecule has 6 unspecified atom stereocenters. The van der Waals surface area contributed by atoms with Crippen molar-refractivity contribution in [1.82, 2.24) is 0 Å². The summed E-state index contributed by atoms with van der Waals surface area (Å²) in [5.41, 5.74) is 0. The monoisotopic (exact) mass is 816 g/mol. The van der Waals surface area contributed by atoms with E-state index in [1.54, 1.807) is 0 Å². The lowest BCUT2D eigenvalue weighted by Gasteiger charge is -2.41. The molecule has 1 fully saturated rings. The molecule has 13 nitrogen and oxygen atoms in total. The number of hydrogen-bond acceptors (Lipinski definition) is 12. The summed E-state index contributed by atoms with van der Waals surface area (Å²) in [6.07, 6.45) is 23.2. The maximum Gasteiger partial charge on any atom is 0.472 e. The molecule has 1 saturated carbocycles. The molecule has 0 aliphatic heterocycles. The number of allylic oxidation sites excluding steroid dienone is 8. The van der Waals surface area contributed by atoms with Gasteiger partial charge in [0.2, 0.25) is 0 Å². The van der Waals surface area contributed by atoms with Crippen LogP contribution >= 0.6 is 7.82 Å².